The number of rotatable bonds is 2. The molecule has 0 aliphatic carbocycles. The summed E-state index contributed by atoms with van der Waals surface area (Å²) < 4.78 is 0. The van der Waals surface area contributed by atoms with Crippen molar-refractivity contribution < 1.29 is 0 Å². The molecule has 1 aliphatic heterocycles. The highest BCUT2D eigenvalue weighted by Crippen LogP contribution is 2.34. The SMILES string of the molecule is Clc1ncnc(N2CCCCC2)c1-c1ccccc1. The molecule has 98 valence electrons. The average Bonchev–Trinajstić information content (AvgIpc) is 2.49. The van der Waals surface area contributed by atoms with Gasteiger partial charge in [0.05, 0.1) is 5.56 Å². The van der Waals surface area contributed by atoms with Gasteiger partial charge in [-0.2, -0.15) is 0 Å². The van der Waals surface area contributed by atoms with Gasteiger partial charge in [0.15, 0.2) is 0 Å². The van der Waals surface area contributed by atoms with Crippen LogP contribution in [0.2, 0.25) is 5.15 Å². The number of hydrogen-bond acceptors (Lipinski definition) is 3. The van der Waals surface area contributed by atoms with E-state index in [4.69, 9.17) is 11.6 Å². The van der Waals surface area contributed by atoms with E-state index in [1.807, 2.05) is 18.2 Å². The van der Waals surface area contributed by atoms with Gasteiger partial charge < -0.3 is 4.90 Å². The van der Waals surface area contributed by atoms with E-state index in [0.29, 0.717) is 5.15 Å². The smallest absolute Gasteiger partial charge is 0.142 e. The minimum absolute atomic E-state index is 0.529. The van der Waals surface area contributed by atoms with Crippen molar-refractivity contribution in [2.45, 2.75) is 19.3 Å². The number of benzene rings is 1. The van der Waals surface area contributed by atoms with Crippen LogP contribution in [0.1, 0.15) is 19.3 Å². The molecule has 0 atom stereocenters. The number of nitrogens with zero attached hydrogens (tertiary/aromatic N) is 3. The van der Waals surface area contributed by atoms with Crippen LogP contribution in [0.25, 0.3) is 11.1 Å². The monoisotopic (exact) mass is 273 g/mol. The van der Waals surface area contributed by atoms with E-state index in [9.17, 15) is 0 Å². The molecule has 0 saturated carbocycles. The van der Waals surface area contributed by atoms with Crippen LogP contribution in [0.15, 0.2) is 36.7 Å². The first-order valence-corrected chi connectivity index (χ1v) is 7.05. The van der Waals surface area contributed by atoms with E-state index in [0.717, 1.165) is 30.0 Å². The van der Waals surface area contributed by atoms with Crippen molar-refractivity contribution in [2.24, 2.45) is 0 Å². The molecular weight excluding hydrogens is 258 g/mol. The van der Waals surface area contributed by atoms with Crippen LogP contribution in [0.4, 0.5) is 5.82 Å². The first kappa shape index (κ1) is 12.4. The summed E-state index contributed by atoms with van der Waals surface area (Å²) in [7, 11) is 0. The van der Waals surface area contributed by atoms with Crippen molar-refractivity contribution in [1.82, 2.24) is 9.97 Å². The molecule has 1 aliphatic rings. The average molecular weight is 274 g/mol. The Kier molecular flexibility index (Phi) is 3.65. The zero-order valence-electron chi connectivity index (χ0n) is 10.7. The van der Waals surface area contributed by atoms with E-state index in [2.05, 4.69) is 27.0 Å². The minimum atomic E-state index is 0.529. The summed E-state index contributed by atoms with van der Waals surface area (Å²) in [5.41, 5.74) is 2.03. The number of halogens is 1. The zero-order valence-corrected chi connectivity index (χ0v) is 11.5. The molecule has 4 heteroatoms. The number of anilines is 1. The highest BCUT2D eigenvalue weighted by atomic mass is 35.5. The van der Waals surface area contributed by atoms with E-state index in [-0.39, 0.29) is 0 Å². The summed E-state index contributed by atoms with van der Waals surface area (Å²) in [6, 6.07) is 10.1. The third-order valence-electron chi connectivity index (χ3n) is 3.50. The predicted molar refractivity (Wildman–Crippen MR) is 78.5 cm³/mol. The van der Waals surface area contributed by atoms with Crippen molar-refractivity contribution in [2.75, 3.05) is 18.0 Å². The normalized spacial score (nSPS) is 15.5. The van der Waals surface area contributed by atoms with Gasteiger partial charge in [0.25, 0.3) is 0 Å². The maximum atomic E-state index is 6.31. The Bertz CT molecular complexity index is 551. The largest absolute Gasteiger partial charge is 0.356 e. The summed E-state index contributed by atoms with van der Waals surface area (Å²) in [6.07, 6.45) is 5.29. The first-order valence-electron chi connectivity index (χ1n) is 6.67. The molecule has 0 bridgehead atoms. The topological polar surface area (TPSA) is 29.0 Å². The summed E-state index contributed by atoms with van der Waals surface area (Å²) in [4.78, 5) is 10.9. The molecule has 1 aromatic heterocycles. The summed E-state index contributed by atoms with van der Waals surface area (Å²) in [5, 5.41) is 0.529. The second kappa shape index (κ2) is 5.57. The molecule has 1 fully saturated rings. The van der Waals surface area contributed by atoms with E-state index in [1.54, 1.807) is 6.33 Å². The van der Waals surface area contributed by atoms with Crippen LogP contribution < -0.4 is 4.90 Å². The van der Waals surface area contributed by atoms with Crippen LogP contribution in [0, 0.1) is 0 Å². The highest BCUT2D eigenvalue weighted by molar-refractivity contribution is 6.32. The Morgan fingerprint density at radius 3 is 2.42 bits per heavy atom. The Morgan fingerprint density at radius 2 is 1.68 bits per heavy atom. The Hall–Kier alpha value is -1.61. The van der Waals surface area contributed by atoms with Crippen LogP contribution in [-0.4, -0.2) is 23.1 Å². The quantitative estimate of drug-likeness (QED) is 0.780. The number of aromatic nitrogens is 2. The van der Waals surface area contributed by atoms with Gasteiger partial charge in [0.2, 0.25) is 0 Å². The maximum absolute atomic E-state index is 6.31. The van der Waals surface area contributed by atoms with Gasteiger partial charge in [-0.25, -0.2) is 9.97 Å². The summed E-state index contributed by atoms with van der Waals surface area (Å²) in [6.45, 7) is 2.10. The van der Waals surface area contributed by atoms with Gasteiger partial charge in [-0.1, -0.05) is 41.9 Å². The lowest BCUT2D eigenvalue weighted by Crippen LogP contribution is -2.30. The summed E-state index contributed by atoms with van der Waals surface area (Å²) in [5.74, 6) is 0.964. The molecule has 2 aromatic rings. The molecule has 0 spiro atoms. The molecule has 1 saturated heterocycles. The maximum Gasteiger partial charge on any atom is 0.142 e. The molecule has 19 heavy (non-hydrogen) atoms. The van der Waals surface area contributed by atoms with Crippen LogP contribution >= 0.6 is 11.6 Å². The van der Waals surface area contributed by atoms with Crippen LogP contribution in [-0.2, 0) is 0 Å². The van der Waals surface area contributed by atoms with E-state index in [1.165, 1.54) is 19.3 Å². The standard InChI is InChI=1S/C15H16ClN3/c16-14-13(12-7-3-1-4-8-12)15(18-11-17-14)19-9-5-2-6-10-19/h1,3-4,7-8,11H,2,5-6,9-10H2. The van der Waals surface area contributed by atoms with Gasteiger partial charge in [-0.05, 0) is 24.8 Å². The van der Waals surface area contributed by atoms with E-state index >= 15 is 0 Å². The fraction of sp³-hybridized carbons (Fsp3) is 0.333. The Balaban J connectivity index is 2.07. The van der Waals surface area contributed by atoms with Crippen molar-refractivity contribution in [3.05, 3.63) is 41.8 Å². The molecule has 3 nitrogen and oxygen atoms in total. The van der Waals surface area contributed by atoms with Crippen molar-refractivity contribution in [1.29, 1.82) is 0 Å². The molecule has 0 N–H and O–H groups in total. The zero-order chi connectivity index (χ0) is 13.1. The third-order valence-corrected chi connectivity index (χ3v) is 3.79. The van der Waals surface area contributed by atoms with Crippen molar-refractivity contribution in [3.63, 3.8) is 0 Å². The van der Waals surface area contributed by atoms with Crippen molar-refractivity contribution in [3.8, 4) is 11.1 Å². The van der Waals surface area contributed by atoms with Crippen LogP contribution in [0.5, 0.6) is 0 Å². The number of piperidine rings is 1. The van der Waals surface area contributed by atoms with E-state index < -0.39 is 0 Å². The molecular formula is C15H16ClN3. The fourth-order valence-corrected chi connectivity index (χ4v) is 2.79. The van der Waals surface area contributed by atoms with Crippen LogP contribution in [0.3, 0.4) is 0 Å². The molecule has 0 unspecified atom stereocenters. The molecule has 2 heterocycles. The molecule has 0 amide bonds. The fourth-order valence-electron chi connectivity index (χ4n) is 2.55. The van der Waals surface area contributed by atoms with Crippen molar-refractivity contribution >= 4 is 17.4 Å². The molecule has 0 radical (unpaired) electrons. The minimum Gasteiger partial charge on any atom is -0.356 e. The van der Waals surface area contributed by atoms with Gasteiger partial charge in [0.1, 0.15) is 17.3 Å². The van der Waals surface area contributed by atoms with Gasteiger partial charge in [0, 0.05) is 13.1 Å². The highest BCUT2D eigenvalue weighted by Gasteiger charge is 2.19. The first-order chi connectivity index (χ1) is 9.36. The Morgan fingerprint density at radius 1 is 0.947 bits per heavy atom. The molecule has 1 aromatic carbocycles. The lowest BCUT2D eigenvalue weighted by Gasteiger charge is -2.29. The van der Waals surface area contributed by atoms with Gasteiger partial charge in [-0.3, -0.25) is 0 Å². The molecule has 3 rings (SSSR count). The second-order valence-electron chi connectivity index (χ2n) is 4.78. The lowest BCUT2D eigenvalue weighted by molar-refractivity contribution is 0.573. The summed E-state index contributed by atoms with van der Waals surface area (Å²) >= 11 is 6.31. The van der Waals surface area contributed by atoms with Gasteiger partial charge >= 0.3 is 0 Å². The Labute approximate surface area is 118 Å². The van der Waals surface area contributed by atoms with Gasteiger partial charge in [-0.15, -0.1) is 0 Å². The third kappa shape index (κ3) is 2.56. The number of hydrogen-bond donors (Lipinski definition) is 0. The lowest BCUT2D eigenvalue weighted by atomic mass is 10.1. The predicted octanol–water partition coefficient (Wildman–Crippen LogP) is 3.79. The second-order valence-corrected chi connectivity index (χ2v) is 5.13.